The molecule has 0 spiro atoms. The van der Waals surface area contributed by atoms with E-state index in [-0.39, 0.29) is 31.1 Å². The van der Waals surface area contributed by atoms with Crippen molar-refractivity contribution in [2.24, 2.45) is 0 Å². The number of hydrogen-bond acceptors (Lipinski definition) is 6. The standard InChI is InChI=1S/C23H28N2O6S/c26-22(25-13-15-30-16-14-25)12-11-21(23(27)31-17-19-7-3-1-4-8-19)24-32(28,29)18-20-9-5-2-6-10-20/h1-10,21,24H,11-18H2/t21-/m1/s1. The zero-order valence-corrected chi connectivity index (χ0v) is 18.6. The SMILES string of the molecule is O=C(OCc1ccccc1)[C@@H](CCC(=O)N1CCOCC1)NS(=O)(=O)Cc1ccccc1. The average molecular weight is 461 g/mol. The van der Waals surface area contributed by atoms with Crippen LogP contribution in [0.25, 0.3) is 0 Å². The molecular weight excluding hydrogens is 432 g/mol. The summed E-state index contributed by atoms with van der Waals surface area (Å²) in [6.07, 6.45) is 0.0385. The normalized spacial score (nSPS) is 15.2. The number of amides is 1. The highest BCUT2D eigenvalue weighted by Gasteiger charge is 2.28. The molecule has 0 bridgehead atoms. The molecule has 0 radical (unpaired) electrons. The summed E-state index contributed by atoms with van der Waals surface area (Å²) in [5.74, 6) is -1.12. The number of nitrogens with zero attached hydrogens (tertiary/aromatic N) is 1. The summed E-state index contributed by atoms with van der Waals surface area (Å²) in [6, 6.07) is 16.6. The molecular formula is C23H28N2O6S. The van der Waals surface area contributed by atoms with Crippen molar-refractivity contribution < 1.29 is 27.5 Å². The third-order valence-corrected chi connectivity index (χ3v) is 6.40. The second-order valence-corrected chi connectivity index (χ2v) is 9.29. The van der Waals surface area contributed by atoms with Gasteiger partial charge in [0, 0.05) is 19.5 Å². The minimum Gasteiger partial charge on any atom is -0.460 e. The molecule has 8 nitrogen and oxygen atoms in total. The van der Waals surface area contributed by atoms with Crippen molar-refractivity contribution in [3.8, 4) is 0 Å². The van der Waals surface area contributed by atoms with Crippen molar-refractivity contribution in [2.45, 2.75) is 31.2 Å². The molecule has 0 saturated carbocycles. The van der Waals surface area contributed by atoms with Crippen LogP contribution in [0.4, 0.5) is 0 Å². The van der Waals surface area contributed by atoms with E-state index < -0.39 is 22.0 Å². The predicted octanol–water partition coefficient (Wildman–Crippen LogP) is 1.86. The van der Waals surface area contributed by atoms with E-state index in [2.05, 4.69) is 4.72 Å². The van der Waals surface area contributed by atoms with Crippen LogP contribution in [-0.4, -0.2) is 57.5 Å². The van der Waals surface area contributed by atoms with Gasteiger partial charge in [0.15, 0.2) is 0 Å². The lowest BCUT2D eigenvalue weighted by molar-refractivity contribution is -0.147. The van der Waals surface area contributed by atoms with E-state index in [0.29, 0.717) is 31.9 Å². The molecule has 32 heavy (non-hydrogen) atoms. The first-order chi connectivity index (χ1) is 15.4. The van der Waals surface area contributed by atoms with Crippen LogP contribution in [-0.2, 0) is 41.4 Å². The fraction of sp³-hybridized carbons (Fsp3) is 0.391. The third kappa shape index (κ3) is 7.74. The van der Waals surface area contributed by atoms with E-state index >= 15 is 0 Å². The van der Waals surface area contributed by atoms with Gasteiger partial charge in [-0.15, -0.1) is 0 Å². The Morgan fingerprint density at radius 3 is 2.19 bits per heavy atom. The highest BCUT2D eigenvalue weighted by molar-refractivity contribution is 7.88. The highest BCUT2D eigenvalue weighted by Crippen LogP contribution is 2.11. The van der Waals surface area contributed by atoms with Gasteiger partial charge in [-0.1, -0.05) is 60.7 Å². The number of ether oxygens (including phenoxy) is 2. The van der Waals surface area contributed by atoms with Gasteiger partial charge in [-0.05, 0) is 17.5 Å². The van der Waals surface area contributed by atoms with Crippen LogP contribution in [0.5, 0.6) is 0 Å². The Balaban J connectivity index is 1.64. The van der Waals surface area contributed by atoms with Crippen molar-refractivity contribution in [2.75, 3.05) is 26.3 Å². The van der Waals surface area contributed by atoms with Crippen LogP contribution < -0.4 is 4.72 Å². The van der Waals surface area contributed by atoms with E-state index in [1.54, 1.807) is 35.2 Å². The van der Waals surface area contributed by atoms with Gasteiger partial charge in [0.05, 0.1) is 19.0 Å². The minimum absolute atomic E-state index is 0.0117. The summed E-state index contributed by atoms with van der Waals surface area (Å²) in [5, 5.41) is 0. The zero-order valence-electron chi connectivity index (χ0n) is 17.8. The molecule has 1 aliphatic heterocycles. The first kappa shape index (κ1) is 23.9. The van der Waals surface area contributed by atoms with Gasteiger partial charge in [-0.2, -0.15) is 0 Å². The van der Waals surface area contributed by atoms with E-state index in [4.69, 9.17) is 9.47 Å². The van der Waals surface area contributed by atoms with Gasteiger partial charge < -0.3 is 14.4 Å². The molecule has 9 heteroatoms. The van der Waals surface area contributed by atoms with Gasteiger partial charge in [0.2, 0.25) is 15.9 Å². The molecule has 1 amide bonds. The quantitative estimate of drug-likeness (QED) is 0.543. The molecule has 0 aliphatic carbocycles. The lowest BCUT2D eigenvalue weighted by Gasteiger charge is -2.27. The number of rotatable bonds is 10. The topological polar surface area (TPSA) is 102 Å². The number of carbonyl (C=O) groups is 2. The number of hydrogen-bond donors (Lipinski definition) is 1. The summed E-state index contributed by atoms with van der Waals surface area (Å²) in [6.45, 7) is 1.94. The Bertz CT molecular complexity index is 976. The van der Waals surface area contributed by atoms with Crippen molar-refractivity contribution in [1.82, 2.24) is 9.62 Å². The Morgan fingerprint density at radius 1 is 0.969 bits per heavy atom. The molecule has 1 N–H and O–H groups in total. The second-order valence-electron chi connectivity index (χ2n) is 7.54. The van der Waals surface area contributed by atoms with Gasteiger partial charge in [0.1, 0.15) is 12.6 Å². The molecule has 3 rings (SSSR count). The zero-order chi connectivity index (χ0) is 22.8. The van der Waals surface area contributed by atoms with Gasteiger partial charge in [-0.3, -0.25) is 9.59 Å². The molecule has 2 aromatic rings. The first-order valence-corrected chi connectivity index (χ1v) is 12.2. The monoisotopic (exact) mass is 460 g/mol. The third-order valence-electron chi connectivity index (χ3n) is 5.04. The summed E-state index contributed by atoms with van der Waals surface area (Å²) < 4.78 is 38.5. The lowest BCUT2D eigenvalue weighted by atomic mass is 10.1. The Hall–Kier alpha value is -2.75. The predicted molar refractivity (Wildman–Crippen MR) is 119 cm³/mol. The van der Waals surface area contributed by atoms with Crippen LogP contribution in [0.15, 0.2) is 60.7 Å². The van der Waals surface area contributed by atoms with E-state index in [1.807, 2.05) is 30.3 Å². The second kappa shape index (κ2) is 11.8. The fourth-order valence-electron chi connectivity index (χ4n) is 3.34. The van der Waals surface area contributed by atoms with Crippen molar-refractivity contribution >= 4 is 21.9 Å². The highest BCUT2D eigenvalue weighted by atomic mass is 32.2. The number of esters is 1. The van der Waals surface area contributed by atoms with Gasteiger partial charge in [-0.25, -0.2) is 13.1 Å². The molecule has 2 aromatic carbocycles. The van der Waals surface area contributed by atoms with E-state index in [1.165, 1.54) is 0 Å². The van der Waals surface area contributed by atoms with E-state index in [9.17, 15) is 18.0 Å². The maximum absolute atomic E-state index is 12.7. The molecule has 1 saturated heterocycles. The molecule has 0 unspecified atom stereocenters. The average Bonchev–Trinajstić information content (AvgIpc) is 2.81. The van der Waals surface area contributed by atoms with Gasteiger partial charge in [0.25, 0.3) is 0 Å². The molecule has 1 atom stereocenters. The maximum atomic E-state index is 12.7. The lowest BCUT2D eigenvalue weighted by Crippen LogP contribution is -2.44. The largest absolute Gasteiger partial charge is 0.460 e. The molecule has 1 fully saturated rings. The number of morpholine rings is 1. The molecule has 172 valence electrons. The number of carbonyl (C=O) groups excluding carboxylic acids is 2. The van der Waals surface area contributed by atoms with Crippen LogP contribution in [0.1, 0.15) is 24.0 Å². The minimum atomic E-state index is -3.83. The summed E-state index contributed by atoms with van der Waals surface area (Å²) >= 11 is 0. The Kier molecular flexibility index (Phi) is 8.78. The molecule has 1 aliphatic rings. The summed E-state index contributed by atoms with van der Waals surface area (Å²) in [4.78, 5) is 26.9. The summed E-state index contributed by atoms with van der Waals surface area (Å²) in [7, 11) is -3.83. The van der Waals surface area contributed by atoms with Crippen molar-refractivity contribution in [1.29, 1.82) is 0 Å². The molecule has 1 heterocycles. The van der Waals surface area contributed by atoms with Crippen molar-refractivity contribution in [3.63, 3.8) is 0 Å². The van der Waals surface area contributed by atoms with Crippen LogP contribution >= 0.6 is 0 Å². The van der Waals surface area contributed by atoms with Gasteiger partial charge >= 0.3 is 5.97 Å². The number of nitrogens with one attached hydrogen (secondary N) is 1. The Labute approximate surface area is 188 Å². The van der Waals surface area contributed by atoms with Crippen LogP contribution in [0.3, 0.4) is 0 Å². The maximum Gasteiger partial charge on any atom is 0.324 e. The summed E-state index contributed by atoms with van der Waals surface area (Å²) in [5.41, 5.74) is 1.39. The van der Waals surface area contributed by atoms with Crippen LogP contribution in [0.2, 0.25) is 0 Å². The number of sulfonamides is 1. The smallest absolute Gasteiger partial charge is 0.324 e. The van der Waals surface area contributed by atoms with E-state index in [0.717, 1.165) is 5.56 Å². The van der Waals surface area contributed by atoms with Crippen molar-refractivity contribution in [3.05, 3.63) is 71.8 Å². The van der Waals surface area contributed by atoms with Crippen LogP contribution in [0, 0.1) is 0 Å². The number of benzene rings is 2. The first-order valence-electron chi connectivity index (χ1n) is 10.5. The molecule has 0 aromatic heterocycles. The fourth-order valence-corrected chi connectivity index (χ4v) is 4.71. The Morgan fingerprint density at radius 2 is 1.56 bits per heavy atom.